The predicted octanol–water partition coefficient (Wildman–Crippen LogP) is 3.94. The third-order valence-corrected chi connectivity index (χ3v) is 6.27. The molecular formula is C25H28N2O5. The summed E-state index contributed by atoms with van der Waals surface area (Å²) in [7, 11) is 0. The van der Waals surface area contributed by atoms with Crippen molar-refractivity contribution in [1.29, 1.82) is 0 Å². The van der Waals surface area contributed by atoms with E-state index in [1.165, 1.54) is 0 Å². The molecule has 7 nitrogen and oxygen atoms in total. The monoisotopic (exact) mass is 436 g/mol. The lowest BCUT2D eigenvalue weighted by Gasteiger charge is -2.26. The number of anilines is 1. The van der Waals surface area contributed by atoms with Crippen molar-refractivity contribution < 1.29 is 23.8 Å². The van der Waals surface area contributed by atoms with Crippen LogP contribution in [-0.4, -0.2) is 49.2 Å². The molecule has 5 rings (SSSR count). The Bertz CT molecular complexity index is 1000. The van der Waals surface area contributed by atoms with E-state index in [0.29, 0.717) is 37.6 Å². The SMILES string of the molecule is O=C(Nc1cccc(C(=O)N2CCC[C@H]2c2ccc3c(c2)OCCCO3)c1)[C@@H]1CCCO1. The molecule has 2 aromatic carbocycles. The fraction of sp³-hybridized carbons (Fsp3) is 0.440. The minimum atomic E-state index is -0.406. The quantitative estimate of drug-likeness (QED) is 0.786. The zero-order valence-corrected chi connectivity index (χ0v) is 18.0. The summed E-state index contributed by atoms with van der Waals surface area (Å²) in [5.74, 6) is 1.32. The van der Waals surface area contributed by atoms with Crippen molar-refractivity contribution in [2.75, 3.05) is 31.7 Å². The number of nitrogens with zero attached hydrogens (tertiary/aromatic N) is 1. The van der Waals surface area contributed by atoms with E-state index in [0.717, 1.165) is 49.2 Å². The number of likely N-dealkylation sites (tertiary alicyclic amines) is 1. The summed E-state index contributed by atoms with van der Waals surface area (Å²) in [4.78, 5) is 27.7. The number of rotatable bonds is 4. The van der Waals surface area contributed by atoms with Crippen molar-refractivity contribution in [3.8, 4) is 11.5 Å². The third kappa shape index (κ3) is 4.30. The number of amides is 2. The van der Waals surface area contributed by atoms with Crippen molar-refractivity contribution in [3.05, 3.63) is 53.6 Å². The molecule has 0 bridgehead atoms. The Hall–Kier alpha value is -3.06. The topological polar surface area (TPSA) is 77.1 Å². The van der Waals surface area contributed by atoms with Gasteiger partial charge in [0.2, 0.25) is 0 Å². The van der Waals surface area contributed by atoms with Crippen LogP contribution >= 0.6 is 0 Å². The average Bonchev–Trinajstić information content (AvgIpc) is 3.47. The largest absolute Gasteiger partial charge is 0.490 e. The van der Waals surface area contributed by atoms with Crippen LogP contribution in [0, 0.1) is 0 Å². The maximum absolute atomic E-state index is 13.4. The third-order valence-electron chi connectivity index (χ3n) is 6.27. The second-order valence-corrected chi connectivity index (χ2v) is 8.48. The van der Waals surface area contributed by atoms with Crippen LogP contribution in [0.4, 0.5) is 5.69 Å². The zero-order valence-electron chi connectivity index (χ0n) is 18.0. The normalized spacial score (nSPS) is 22.4. The molecule has 3 heterocycles. The fourth-order valence-corrected chi connectivity index (χ4v) is 4.65. The summed E-state index contributed by atoms with van der Waals surface area (Å²) in [5.41, 5.74) is 2.24. The number of hydrogen-bond donors (Lipinski definition) is 1. The summed E-state index contributed by atoms with van der Waals surface area (Å²) in [6.45, 7) is 2.60. The van der Waals surface area contributed by atoms with Crippen molar-refractivity contribution in [2.24, 2.45) is 0 Å². The summed E-state index contributed by atoms with van der Waals surface area (Å²) >= 11 is 0. The predicted molar refractivity (Wildman–Crippen MR) is 119 cm³/mol. The van der Waals surface area contributed by atoms with Gasteiger partial charge in [-0.15, -0.1) is 0 Å². The highest BCUT2D eigenvalue weighted by molar-refractivity contribution is 5.98. The average molecular weight is 437 g/mol. The molecule has 7 heteroatoms. The lowest BCUT2D eigenvalue weighted by molar-refractivity contribution is -0.124. The van der Waals surface area contributed by atoms with Gasteiger partial charge in [0.25, 0.3) is 11.8 Å². The van der Waals surface area contributed by atoms with Gasteiger partial charge >= 0.3 is 0 Å². The number of benzene rings is 2. The molecule has 0 aromatic heterocycles. The molecule has 0 unspecified atom stereocenters. The van der Waals surface area contributed by atoms with Gasteiger partial charge < -0.3 is 24.4 Å². The molecule has 3 aliphatic rings. The molecule has 168 valence electrons. The maximum Gasteiger partial charge on any atom is 0.254 e. The molecule has 0 saturated carbocycles. The number of fused-ring (bicyclic) bond motifs is 1. The van der Waals surface area contributed by atoms with Gasteiger partial charge in [-0.2, -0.15) is 0 Å². The van der Waals surface area contributed by atoms with Crippen LogP contribution in [0.1, 0.15) is 54.1 Å². The Labute approximate surface area is 187 Å². The van der Waals surface area contributed by atoms with Gasteiger partial charge in [-0.1, -0.05) is 12.1 Å². The van der Waals surface area contributed by atoms with E-state index in [1.54, 1.807) is 24.3 Å². The summed E-state index contributed by atoms with van der Waals surface area (Å²) < 4.78 is 17.0. The van der Waals surface area contributed by atoms with Crippen LogP contribution in [-0.2, 0) is 9.53 Å². The van der Waals surface area contributed by atoms with Gasteiger partial charge in [-0.25, -0.2) is 0 Å². The molecule has 0 radical (unpaired) electrons. The van der Waals surface area contributed by atoms with Crippen LogP contribution in [0.3, 0.4) is 0 Å². The van der Waals surface area contributed by atoms with Gasteiger partial charge in [0.05, 0.1) is 19.3 Å². The van der Waals surface area contributed by atoms with Gasteiger partial charge in [0.1, 0.15) is 6.10 Å². The highest BCUT2D eigenvalue weighted by Crippen LogP contribution is 2.38. The Morgan fingerprint density at radius 1 is 0.906 bits per heavy atom. The minimum Gasteiger partial charge on any atom is -0.490 e. The van der Waals surface area contributed by atoms with Gasteiger partial charge in [0.15, 0.2) is 11.5 Å². The lowest BCUT2D eigenvalue weighted by atomic mass is 10.0. The van der Waals surface area contributed by atoms with Gasteiger partial charge in [0, 0.05) is 30.8 Å². The highest BCUT2D eigenvalue weighted by atomic mass is 16.5. The first-order valence-corrected chi connectivity index (χ1v) is 11.4. The zero-order chi connectivity index (χ0) is 21.9. The highest BCUT2D eigenvalue weighted by Gasteiger charge is 2.32. The van der Waals surface area contributed by atoms with Crippen LogP contribution in [0.15, 0.2) is 42.5 Å². The summed E-state index contributed by atoms with van der Waals surface area (Å²) in [6.07, 6.45) is 3.93. The van der Waals surface area contributed by atoms with E-state index >= 15 is 0 Å². The van der Waals surface area contributed by atoms with E-state index in [9.17, 15) is 9.59 Å². The van der Waals surface area contributed by atoms with E-state index in [-0.39, 0.29) is 17.9 Å². The lowest BCUT2D eigenvalue weighted by Crippen LogP contribution is -2.31. The Morgan fingerprint density at radius 2 is 1.78 bits per heavy atom. The number of hydrogen-bond acceptors (Lipinski definition) is 5. The van der Waals surface area contributed by atoms with Gasteiger partial charge in [-0.05, 0) is 61.6 Å². The van der Waals surface area contributed by atoms with Gasteiger partial charge in [-0.3, -0.25) is 9.59 Å². The van der Waals surface area contributed by atoms with Crippen molar-refractivity contribution in [3.63, 3.8) is 0 Å². The molecule has 3 aliphatic heterocycles. The smallest absolute Gasteiger partial charge is 0.254 e. The molecule has 1 N–H and O–H groups in total. The molecule has 32 heavy (non-hydrogen) atoms. The molecule has 2 aromatic rings. The Kier molecular flexibility index (Phi) is 5.99. The molecular weight excluding hydrogens is 408 g/mol. The van der Waals surface area contributed by atoms with Crippen LogP contribution < -0.4 is 14.8 Å². The first kappa shape index (κ1) is 20.8. The minimum absolute atomic E-state index is 0.00945. The molecule has 2 amide bonds. The molecule has 2 atom stereocenters. The summed E-state index contributed by atoms with van der Waals surface area (Å²) in [5, 5.41) is 2.89. The van der Waals surface area contributed by atoms with E-state index in [1.807, 2.05) is 23.1 Å². The molecule has 0 spiro atoms. The number of carbonyl (C=O) groups excluding carboxylic acids is 2. The standard InChI is InChI=1S/C25H28N2O5/c28-24(22-8-3-12-31-22)26-19-6-1-5-18(15-19)25(29)27-11-2-7-20(27)17-9-10-21-23(16-17)32-14-4-13-30-21/h1,5-6,9-10,15-16,20,22H,2-4,7-8,11-14H2,(H,26,28)/t20-,22-/m0/s1. The fourth-order valence-electron chi connectivity index (χ4n) is 4.65. The first-order chi connectivity index (χ1) is 15.7. The van der Waals surface area contributed by atoms with E-state index in [2.05, 4.69) is 5.32 Å². The molecule has 2 saturated heterocycles. The number of ether oxygens (including phenoxy) is 3. The number of carbonyl (C=O) groups is 2. The van der Waals surface area contributed by atoms with Crippen molar-refractivity contribution in [2.45, 2.75) is 44.2 Å². The Morgan fingerprint density at radius 3 is 2.62 bits per heavy atom. The number of nitrogens with one attached hydrogen (secondary N) is 1. The first-order valence-electron chi connectivity index (χ1n) is 11.4. The van der Waals surface area contributed by atoms with E-state index in [4.69, 9.17) is 14.2 Å². The second-order valence-electron chi connectivity index (χ2n) is 8.48. The van der Waals surface area contributed by atoms with Crippen LogP contribution in [0.5, 0.6) is 11.5 Å². The Balaban J connectivity index is 1.32. The van der Waals surface area contributed by atoms with Crippen LogP contribution in [0.2, 0.25) is 0 Å². The van der Waals surface area contributed by atoms with Crippen molar-refractivity contribution in [1.82, 2.24) is 4.90 Å². The second kappa shape index (κ2) is 9.20. The maximum atomic E-state index is 13.4. The molecule has 2 fully saturated rings. The summed E-state index contributed by atoms with van der Waals surface area (Å²) in [6, 6.07) is 13.1. The molecule has 0 aliphatic carbocycles. The van der Waals surface area contributed by atoms with Crippen molar-refractivity contribution >= 4 is 17.5 Å². The van der Waals surface area contributed by atoms with E-state index < -0.39 is 6.10 Å². The van der Waals surface area contributed by atoms with Crippen LogP contribution in [0.25, 0.3) is 0 Å².